The number of hydrogen-bond donors (Lipinski definition) is 2. The molecule has 1 aliphatic heterocycles. The lowest BCUT2D eigenvalue weighted by atomic mass is 10.2. The largest absolute Gasteiger partial charge is 0.326 e. The van der Waals surface area contributed by atoms with Crippen LogP contribution in [0.5, 0.6) is 0 Å². The quantitative estimate of drug-likeness (QED) is 0.640. The number of carbonyl (C=O) groups is 2. The van der Waals surface area contributed by atoms with Gasteiger partial charge in [-0.25, -0.2) is 0 Å². The SMILES string of the molecule is CC(=O)Nc1ccc(-n2c(C)cc(C=C3SC(=S)NC3=O)c2C)cc1. The molecule has 0 spiro atoms. The summed E-state index contributed by atoms with van der Waals surface area (Å²) in [5, 5.41) is 5.39. The van der Waals surface area contributed by atoms with Crippen LogP contribution in [-0.4, -0.2) is 20.7 Å². The van der Waals surface area contributed by atoms with E-state index in [0.29, 0.717) is 9.23 Å². The third-order valence-electron chi connectivity index (χ3n) is 3.84. The molecule has 2 amide bonds. The third-order valence-corrected chi connectivity index (χ3v) is 5.01. The second-order valence-electron chi connectivity index (χ2n) is 5.74. The summed E-state index contributed by atoms with van der Waals surface area (Å²) in [6, 6.07) is 9.68. The zero-order valence-corrected chi connectivity index (χ0v) is 15.7. The number of thiocarbonyl (C=S) groups is 1. The van der Waals surface area contributed by atoms with Crippen molar-refractivity contribution >= 4 is 51.9 Å². The molecular formula is C18H17N3O2S2. The number of hydrogen-bond acceptors (Lipinski definition) is 4. The Balaban J connectivity index is 1.95. The van der Waals surface area contributed by atoms with Crippen LogP contribution in [0.3, 0.4) is 0 Å². The normalized spacial score (nSPS) is 15.6. The summed E-state index contributed by atoms with van der Waals surface area (Å²) in [7, 11) is 0. The monoisotopic (exact) mass is 371 g/mol. The van der Waals surface area contributed by atoms with Crippen LogP contribution in [0.4, 0.5) is 5.69 Å². The molecule has 2 N–H and O–H groups in total. The van der Waals surface area contributed by atoms with Gasteiger partial charge in [-0.1, -0.05) is 24.0 Å². The Hall–Kier alpha value is -2.38. The zero-order valence-electron chi connectivity index (χ0n) is 14.0. The van der Waals surface area contributed by atoms with E-state index in [1.807, 2.05) is 50.3 Å². The van der Waals surface area contributed by atoms with E-state index in [1.165, 1.54) is 18.7 Å². The van der Waals surface area contributed by atoms with Gasteiger partial charge in [0.05, 0.1) is 4.91 Å². The summed E-state index contributed by atoms with van der Waals surface area (Å²) >= 11 is 6.30. The van der Waals surface area contributed by atoms with Crippen LogP contribution in [-0.2, 0) is 9.59 Å². The standard InChI is InChI=1S/C18H17N3O2S2/c1-10-8-13(9-16-17(23)20-18(24)25-16)11(2)21(10)15-6-4-14(5-7-15)19-12(3)22/h4-9H,1-3H3,(H,19,22)(H,20,23,24). The maximum atomic E-state index is 11.9. The number of carbonyl (C=O) groups excluding carboxylic acids is 2. The molecule has 1 fully saturated rings. The number of amides is 2. The molecule has 128 valence electrons. The van der Waals surface area contributed by atoms with Crippen molar-refractivity contribution in [1.82, 2.24) is 9.88 Å². The predicted octanol–water partition coefficient (Wildman–Crippen LogP) is 3.54. The summed E-state index contributed by atoms with van der Waals surface area (Å²) in [6.07, 6.45) is 1.86. The lowest BCUT2D eigenvalue weighted by Crippen LogP contribution is -2.17. The van der Waals surface area contributed by atoms with E-state index < -0.39 is 0 Å². The van der Waals surface area contributed by atoms with Crippen molar-refractivity contribution in [3.63, 3.8) is 0 Å². The third kappa shape index (κ3) is 3.67. The van der Waals surface area contributed by atoms with Gasteiger partial charge >= 0.3 is 0 Å². The highest BCUT2D eigenvalue weighted by atomic mass is 32.2. The Morgan fingerprint density at radius 1 is 1.28 bits per heavy atom. The number of thioether (sulfide) groups is 1. The zero-order chi connectivity index (χ0) is 18.1. The molecule has 0 bridgehead atoms. The number of nitrogens with one attached hydrogen (secondary N) is 2. The van der Waals surface area contributed by atoms with E-state index in [9.17, 15) is 9.59 Å². The molecule has 5 nitrogen and oxygen atoms in total. The molecule has 2 heterocycles. The molecule has 0 radical (unpaired) electrons. The minimum absolute atomic E-state index is 0.0970. The molecule has 0 atom stereocenters. The summed E-state index contributed by atoms with van der Waals surface area (Å²) in [4.78, 5) is 23.6. The first-order chi connectivity index (χ1) is 11.8. The second kappa shape index (κ2) is 6.85. The molecule has 2 aromatic rings. The highest BCUT2D eigenvalue weighted by molar-refractivity contribution is 8.26. The van der Waals surface area contributed by atoms with Gasteiger partial charge < -0.3 is 15.2 Å². The Bertz CT molecular complexity index is 911. The highest BCUT2D eigenvalue weighted by Crippen LogP contribution is 2.29. The van der Waals surface area contributed by atoms with Crippen molar-refractivity contribution in [1.29, 1.82) is 0 Å². The van der Waals surface area contributed by atoms with Crippen LogP contribution in [0.15, 0.2) is 35.2 Å². The van der Waals surface area contributed by atoms with Gasteiger partial charge in [-0.05, 0) is 55.8 Å². The average molecular weight is 371 g/mol. The topological polar surface area (TPSA) is 63.1 Å². The Morgan fingerprint density at radius 3 is 2.52 bits per heavy atom. The minimum Gasteiger partial charge on any atom is -0.326 e. The number of rotatable bonds is 3. The first-order valence-corrected chi connectivity index (χ1v) is 8.89. The number of aryl methyl sites for hydroxylation is 1. The molecule has 0 saturated carbocycles. The van der Waals surface area contributed by atoms with E-state index in [4.69, 9.17) is 12.2 Å². The van der Waals surface area contributed by atoms with Crippen LogP contribution in [0.2, 0.25) is 0 Å². The lowest BCUT2D eigenvalue weighted by molar-refractivity contribution is -0.115. The van der Waals surface area contributed by atoms with E-state index in [1.54, 1.807) is 0 Å². The van der Waals surface area contributed by atoms with Crippen molar-refractivity contribution in [2.45, 2.75) is 20.8 Å². The van der Waals surface area contributed by atoms with Crippen molar-refractivity contribution < 1.29 is 9.59 Å². The van der Waals surface area contributed by atoms with Gasteiger partial charge in [0.15, 0.2) is 0 Å². The molecule has 1 saturated heterocycles. The number of nitrogens with zero attached hydrogens (tertiary/aromatic N) is 1. The molecular weight excluding hydrogens is 354 g/mol. The fraction of sp³-hybridized carbons (Fsp3) is 0.167. The molecule has 7 heteroatoms. The van der Waals surface area contributed by atoms with Crippen molar-refractivity contribution in [2.24, 2.45) is 0 Å². The smallest absolute Gasteiger partial charge is 0.263 e. The van der Waals surface area contributed by atoms with Gasteiger partial charge in [0, 0.05) is 29.7 Å². The van der Waals surface area contributed by atoms with Gasteiger partial charge in [-0.3, -0.25) is 9.59 Å². The summed E-state index contributed by atoms with van der Waals surface area (Å²) in [6.45, 7) is 5.51. The Morgan fingerprint density at radius 2 is 1.96 bits per heavy atom. The maximum Gasteiger partial charge on any atom is 0.263 e. The predicted molar refractivity (Wildman–Crippen MR) is 106 cm³/mol. The van der Waals surface area contributed by atoms with Gasteiger partial charge in [0.2, 0.25) is 5.91 Å². The molecule has 1 aromatic heterocycles. The van der Waals surface area contributed by atoms with Crippen molar-refractivity contribution in [2.75, 3.05) is 5.32 Å². The van der Waals surface area contributed by atoms with Crippen LogP contribution in [0.25, 0.3) is 11.8 Å². The van der Waals surface area contributed by atoms with Gasteiger partial charge in [-0.15, -0.1) is 0 Å². The lowest BCUT2D eigenvalue weighted by Gasteiger charge is -2.11. The minimum atomic E-state index is -0.153. The number of aromatic nitrogens is 1. The summed E-state index contributed by atoms with van der Waals surface area (Å²) < 4.78 is 2.60. The van der Waals surface area contributed by atoms with Crippen molar-refractivity contribution in [3.05, 3.63) is 52.2 Å². The number of anilines is 1. The molecule has 25 heavy (non-hydrogen) atoms. The first kappa shape index (κ1) is 17.4. The van der Waals surface area contributed by atoms with E-state index in [0.717, 1.165) is 28.3 Å². The molecule has 3 rings (SSSR count). The fourth-order valence-corrected chi connectivity index (χ4v) is 3.83. The Labute approximate surface area is 155 Å². The Kier molecular flexibility index (Phi) is 4.78. The second-order valence-corrected chi connectivity index (χ2v) is 7.46. The van der Waals surface area contributed by atoms with E-state index in [-0.39, 0.29) is 11.8 Å². The van der Waals surface area contributed by atoms with E-state index >= 15 is 0 Å². The number of benzene rings is 1. The molecule has 1 aromatic carbocycles. The van der Waals surface area contributed by atoms with Crippen LogP contribution in [0, 0.1) is 13.8 Å². The van der Waals surface area contributed by atoms with Gasteiger partial charge in [0.25, 0.3) is 5.91 Å². The molecule has 0 unspecified atom stereocenters. The summed E-state index contributed by atoms with van der Waals surface area (Å²) in [5.41, 5.74) is 4.82. The fourth-order valence-electron chi connectivity index (χ4n) is 2.79. The summed E-state index contributed by atoms with van der Waals surface area (Å²) in [5.74, 6) is -0.250. The maximum absolute atomic E-state index is 11.9. The average Bonchev–Trinajstić information content (AvgIpc) is 2.99. The van der Waals surface area contributed by atoms with Crippen LogP contribution in [0.1, 0.15) is 23.9 Å². The van der Waals surface area contributed by atoms with Crippen molar-refractivity contribution in [3.8, 4) is 5.69 Å². The first-order valence-electron chi connectivity index (χ1n) is 7.67. The highest BCUT2D eigenvalue weighted by Gasteiger charge is 2.23. The van der Waals surface area contributed by atoms with E-state index in [2.05, 4.69) is 15.2 Å². The molecule has 1 aliphatic rings. The molecule has 0 aliphatic carbocycles. The van der Waals surface area contributed by atoms with Crippen LogP contribution < -0.4 is 10.6 Å². The van der Waals surface area contributed by atoms with Gasteiger partial charge in [-0.2, -0.15) is 0 Å². The van der Waals surface area contributed by atoms with Crippen LogP contribution >= 0.6 is 24.0 Å². The van der Waals surface area contributed by atoms with Gasteiger partial charge in [0.1, 0.15) is 4.32 Å².